The molecular weight excluding hydrogens is 306 g/mol. The van der Waals surface area contributed by atoms with Gasteiger partial charge < -0.3 is 20.3 Å². The second-order valence-corrected chi connectivity index (χ2v) is 6.13. The number of methoxy groups -OCH3 is 1. The molecule has 2 amide bonds. The first kappa shape index (κ1) is 20.0. The number of anilines is 1. The van der Waals surface area contributed by atoms with Gasteiger partial charge in [0.2, 0.25) is 5.91 Å². The standard InChI is InChI=1S/C18H29N3O3/c1-13(2)21(4)11-7-6-10-19-18(23)16-9-8-15(20-14(3)22)12-17(16)24-5/h8-9,12-13H,6-7,10-11H2,1-5H3,(H,19,23)(H,20,22). The Balaban J connectivity index is 2.51. The van der Waals surface area contributed by atoms with Gasteiger partial charge in [0.25, 0.3) is 5.91 Å². The number of nitrogens with zero attached hydrogens (tertiary/aromatic N) is 1. The van der Waals surface area contributed by atoms with Gasteiger partial charge in [-0.3, -0.25) is 9.59 Å². The lowest BCUT2D eigenvalue weighted by atomic mass is 10.1. The van der Waals surface area contributed by atoms with Crippen LogP contribution in [-0.2, 0) is 4.79 Å². The van der Waals surface area contributed by atoms with Crippen molar-refractivity contribution in [2.24, 2.45) is 0 Å². The minimum absolute atomic E-state index is 0.166. The van der Waals surface area contributed by atoms with E-state index < -0.39 is 0 Å². The van der Waals surface area contributed by atoms with Crippen LogP contribution in [0.15, 0.2) is 18.2 Å². The highest BCUT2D eigenvalue weighted by Gasteiger charge is 2.13. The Labute approximate surface area is 144 Å². The minimum atomic E-state index is -0.168. The molecule has 0 saturated heterocycles. The summed E-state index contributed by atoms with van der Waals surface area (Å²) in [5.74, 6) is 0.109. The first-order valence-corrected chi connectivity index (χ1v) is 8.29. The van der Waals surface area contributed by atoms with Gasteiger partial charge in [0.1, 0.15) is 5.75 Å². The summed E-state index contributed by atoms with van der Waals surface area (Å²) in [6.07, 6.45) is 1.96. The fourth-order valence-electron chi connectivity index (χ4n) is 2.20. The highest BCUT2D eigenvalue weighted by Crippen LogP contribution is 2.23. The van der Waals surface area contributed by atoms with Crippen molar-refractivity contribution in [1.29, 1.82) is 0 Å². The molecule has 0 heterocycles. The molecule has 24 heavy (non-hydrogen) atoms. The van der Waals surface area contributed by atoms with Crippen LogP contribution >= 0.6 is 0 Å². The molecule has 0 aliphatic carbocycles. The van der Waals surface area contributed by atoms with Crippen molar-refractivity contribution in [3.63, 3.8) is 0 Å². The molecule has 6 heteroatoms. The molecule has 2 N–H and O–H groups in total. The number of benzene rings is 1. The van der Waals surface area contributed by atoms with Gasteiger partial charge in [-0.2, -0.15) is 0 Å². The van der Waals surface area contributed by atoms with Gasteiger partial charge in [-0.1, -0.05) is 0 Å². The fourth-order valence-corrected chi connectivity index (χ4v) is 2.20. The zero-order valence-corrected chi connectivity index (χ0v) is 15.3. The molecule has 6 nitrogen and oxygen atoms in total. The number of carbonyl (C=O) groups is 2. The molecule has 0 radical (unpaired) electrons. The van der Waals surface area contributed by atoms with Crippen LogP contribution in [0, 0.1) is 0 Å². The number of amides is 2. The van der Waals surface area contributed by atoms with Crippen molar-refractivity contribution in [2.75, 3.05) is 32.6 Å². The fraction of sp³-hybridized carbons (Fsp3) is 0.556. The number of unbranched alkanes of at least 4 members (excludes halogenated alkanes) is 1. The number of hydrogen-bond acceptors (Lipinski definition) is 4. The largest absolute Gasteiger partial charge is 0.496 e. The van der Waals surface area contributed by atoms with E-state index in [0.29, 0.717) is 29.6 Å². The normalized spacial score (nSPS) is 10.8. The predicted molar refractivity (Wildman–Crippen MR) is 96.6 cm³/mol. The van der Waals surface area contributed by atoms with Crippen molar-refractivity contribution in [3.8, 4) is 5.75 Å². The van der Waals surface area contributed by atoms with E-state index in [4.69, 9.17) is 4.74 Å². The van der Waals surface area contributed by atoms with Crippen LogP contribution in [0.1, 0.15) is 44.0 Å². The van der Waals surface area contributed by atoms with Crippen LogP contribution in [-0.4, -0.2) is 50.0 Å². The SMILES string of the molecule is COc1cc(NC(C)=O)ccc1C(=O)NCCCCN(C)C(C)C. The van der Waals surface area contributed by atoms with Crippen molar-refractivity contribution < 1.29 is 14.3 Å². The van der Waals surface area contributed by atoms with Gasteiger partial charge in [0.15, 0.2) is 0 Å². The van der Waals surface area contributed by atoms with E-state index in [9.17, 15) is 9.59 Å². The first-order chi connectivity index (χ1) is 11.3. The van der Waals surface area contributed by atoms with Gasteiger partial charge in [-0.25, -0.2) is 0 Å². The smallest absolute Gasteiger partial charge is 0.255 e. The lowest BCUT2D eigenvalue weighted by Crippen LogP contribution is -2.29. The highest BCUT2D eigenvalue weighted by molar-refractivity contribution is 5.98. The number of carbonyl (C=O) groups excluding carboxylic acids is 2. The Morgan fingerprint density at radius 2 is 1.96 bits per heavy atom. The van der Waals surface area contributed by atoms with E-state index in [1.54, 1.807) is 18.2 Å². The van der Waals surface area contributed by atoms with Crippen molar-refractivity contribution in [3.05, 3.63) is 23.8 Å². The Morgan fingerprint density at radius 3 is 2.54 bits per heavy atom. The molecule has 1 rings (SSSR count). The van der Waals surface area contributed by atoms with Crippen LogP contribution in [0.3, 0.4) is 0 Å². The Bertz CT molecular complexity index is 558. The minimum Gasteiger partial charge on any atom is -0.496 e. The summed E-state index contributed by atoms with van der Waals surface area (Å²) in [5.41, 5.74) is 1.07. The summed E-state index contributed by atoms with van der Waals surface area (Å²) in [6, 6.07) is 5.53. The van der Waals surface area contributed by atoms with Crippen LogP contribution in [0.4, 0.5) is 5.69 Å². The summed E-state index contributed by atoms with van der Waals surface area (Å²) in [7, 11) is 3.61. The zero-order chi connectivity index (χ0) is 18.1. The third kappa shape index (κ3) is 6.58. The second-order valence-electron chi connectivity index (χ2n) is 6.13. The van der Waals surface area contributed by atoms with Crippen molar-refractivity contribution >= 4 is 17.5 Å². The van der Waals surface area contributed by atoms with Crippen molar-refractivity contribution in [1.82, 2.24) is 10.2 Å². The van der Waals surface area contributed by atoms with E-state index in [1.807, 2.05) is 0 Å². The van der Waals surface area contributed by atoms with Crippen molar-refractivity contribution in [2.45, 2.75) is 39.7 Å². The van der Waals surface area contributed by atoms with Gasteiger partial charge in [-0.05, 0) is 52.4 Å². The molecule has 0 aliphatic heterocycles. The molecule has 0 aliphatic rings. The molecule has 0 aromatic heterocycles. The van der Waals surface area contributed by atoms with Gasteiger partial charge in [-0.15, -0.1) is 0 Å². The predicted octanol–water partition coefficient (Wildman–Crippen LogP) is 2.50. The molecule has 0 bridgehead atoms. The Hall–Kier alpha value is -2.08. The van der Waals surface area contributed by atoms with Gasteiger partial charge in [0.05, 0.1) is 12.7 Å². The van der Waals surface area contributed by atoms with Crippen LogP contribution in [0.5, 0.6) is 5.75 Å². The van der Waals surface area contributed by atoms with E-state index in [2.05, 4.69) is 36.4 Å². The number of rotatable bonds is 9. The maximum atomic E-state index is 12.3. The first-order valence-electron chi connectivity index (χ1n) is 8.29. The molecule has 134 valence electrons. The maximum Gasteiger partial charge on any atom is 0.255 e. The number of ether oxygens (including phenoxy) is 1. The van der Waals surface area contributed by atoms with Gasteiger partial charge >= 0.3 is 0 Å². The Kier molecular flexibility index (Phi) is 8.26. The molecule has 1 aromatic rings. The number of hydrogen-bond donors (Lipinski definition) is 2. The summed E-state index contributed by atoms with van der Waals surface area (Å²) in [4.78, 5) is 25.6. The summed E-state index contributed by atoms with van der Waals surface area (Å²) in [5, 5.41) is 5.58. The van der Waals surface area contributed by atoms with Crippen LogP contribution in [0.2, 0.25) is 0 Å². The van der Waals surface area contributed by atoms with Gasteiger partial charge in [0, 0.05) is 31.3 Å². The van der Waals surface area contributed by atoms with Crippen LogP contribution < -0.4 is 15.4 Å². The molecule has 0 spiro atoms. The van der Waals surface area contributed by atoms with E-state index in [1.165, 1.54) is 14.0 Å². The topological polar surface area (TPSA) is 70.7 Å². The monoisotopic (exact) mass is 335 g/mol. The van der Waals surface area contributed by atoms with Crippen LogP contribution in [0.25, 0.3) is 0 Å². The number of nitrogens with one attached hydrogen (secondary N) is 2. The molecule has 0 saturated carbocycles. The highest BCUT2D eigenvalue weighted by atomic mass is 16.5. The third-order valence-corrected chi connectivity index (χ3v) is 3.87. The summed E-state index contributed by atoms with van der Waals surface area (Å²) >= 11 is 0. The average Bonchev–Trinajstić information content (AvgIpc) is 2.53. The summed E-state index contributed by atoms with van der Waals surface area (Å²) < 4.78 is 5.26. The third-order valence-electron chi connectivity index (χ3n) is 3.87. The Morgan fingerprint density at radius 1 is 1.25 bits per heavy atom. The maximum absolute atomic E-state index is 12.3. The lowest BCUT2D eigenvalue weighted by Gasteiger charge is -2.20. The molecule has 0 atom stereocenters. The quantitative estimate of drug-likeness (QED) is 0.680. The molecular formula is C18H29N3O3. The second kappa shape index (κ2) is 9.93. The zero-order valence-electron chi connectivity index (χ0n) is 15.3. The average molecular weight is 335 g/mol. The summed E-state index contributed by atoms with van der Waals surface area (Å²) in [6.45, 7) is 7.41. The van der Waals surface area contributed by atoms with E-state index >= 15 is 0 Å². The molecule has 0 fully saturated rings. The molecule has 1 aromatic carbocycles. The molecule has 0 unspecified atom stereocenters. The van der Waals surface area contributed by atoms with E-state index in [-0.39, 0.29) is 11.8 Å². The van der Waals surface area contributed by atoms with E-state index in [0.717, 1.165) is 19.4 Å². The lowest BCUT2D eigenvalue weighted by molar-refractivity contribution is -0.114.